The number of unbranched alkanes of at least 4 members (excludes halogenated alkanes) is 29. The molecule has 0 aliphatic rings. The van der Waals surface area contributed by atoms with Crippen LogP contribution in [-0.2, 0) is 65.4 Å². The van der Waals surface area contributed by atoms with Crippen LogP contribution < -0.4 is 0 Å². The van der Waals surface area contributed by atoms with Crippen LogP contribution >= 0.6 is 15.6 Å². The van der Waals surface area contributed by atoms with E-state index in [2.05, 4.69) is 55.4 Å². The Hall–Kier alpha value is -1.94. The molecule has 0 heterocycles. The van der Waals surface area contributed by atoms with Gasteiger partial charge in [0, 0.05) is 25.7 Å². The van der Waals surface area contributed by atoms with Crippen LogP contribution in [0.1, 0.15) is 319 Å². The maximum absolute atomic E-state index is 13.0. The number of aliphatic hydroxyl groups is 1. The summed E-state index contributed by atoms with van der Waals surface area (Å²) in [6.07, 6.45) is 36.4. The average Bonchev–Trinajstić information content (AvgIpc) is 3.45. The molecule has 0 spiro atoms. The summed E-state index contributed by atoms with van der Waals surface area (Å²) in [5, 5.41) is 10.5. The van der Waals surface area contributed by atoms with E-state index in [-0.39, 0.29) is 25.7 Å². The van der Waals surface area contributed by atoms with Gasteiger partial charge in [-0.1, -0.05) is 267 Å². The van der Waals surface area contributed by atoms with Crippen LogP contribution in [0.15, 0.2) is 0 Å². The molecule has 0 bridgehead atoms. The average molecular weight is 1260 g/mol. The third kappa shape index (κ3) is 60.7. The number of aliphatic hydroxyl groups excluding tert-OH is 1. The molecule has 504 valence electrons. The molecule has 0 saturated heterocycles. The fourth-order valence-electron chi connectivity index (χ4n) is 9.78. The minimum atomic E-state index is -4.95. The zero-order valence-electron chi connectivity index (χ0n) is 55.2. The van der Waals surface area contributed by atoms with Gasteiger partial charge in [0.25, 0.3) is 0 Å². The number of carbonyl (C=O) groups excluding carboxylic acids is 4. The zero-order valence-corrected chi connectivity index (χ0v) is 57.0. The van der Waals surface area contributed by atoms with Crippen molar-refractivity contribution in [3.8, 4) is 0 Å². The summed E-state index contributed by atoms with van der Waals surface area (Å²) in [5.41, 5.74) is 0. The quantitative estimate of drug-likeness (QED) is 0.0222. The molecule has 0 aliphatic carbocycles. The summed E-state index contributed by atoms with van der Waals surface area (Å²) in [4.78, 5) is 72.3. The van der Waals surface area contributed by atoms with Gasteiger partial charge in [-0.3, -0.25) is 37.3 Å². The van der Waals surface area contributed by atoms with Crippen LogP contribution in [0.5, 0.6) is 0 Å². The highest BCUT2D eigenvalue weighted by Gasteiger charge is 2.30. The number of esters is 4. The molecule has 0 aromatic carbocycles. The predicted octanol–water partition coefficient (Wildman–Crippen LogP) is 18.1. The molecule has 17 nitrogen and oxygen atoms in total. The van der Waals surface area contributed by atoms with E-state index in [0.29, 0.717) is 31.6 Å². The van der Waals surface area contributed by atoms with Crippen LogP contribution in [0.2, 0.25) is 0 Å². The second-order valence-electron chi connectivity index (χ2n) is 25.8. The van der Waals surface area contributed by atoms with Crippen molar-refractivity contribution in [3.05, 3.63) is 0 Å². The molecule has 3 N–H and O–H groups in total. The zero-order chi connectivity index (χ0) is 63.2. The van der Waals surface area contributed by atoms with Crippen LogP contribution in [0.25, 0.3) is 0 Å². The van der Waals surface area contributed by atoms with Gasteiger partial charge in [-0.05, 0) is 49.4 Å². The molecule has 0 amide bonds. The largest absolute Gasteiger partial charge is 0.472 e. The summed E-state index contributed by atoms with van der Waals surface area (Å²) >= 11 is 0. The third-order valence-corrected chi connectivity index (χ3v) is 17.0. The first kappa shape index (κ1) is 83.1. The Morgan fingerprint density at radius 2 is 0.494 bits per heavy atom. The monoisotopic (exact) mass is 1250 g/mol. The maximum Gasteiger partial charge on any atom is 0.472 e. The lowest BCUT2D eigenvalue weighted by atomic mass is 10.0. The Kier molecular flexibility index (Phi) is 54.8. The molecule has 0 rings (SSSR count). The fourth-order valence-corrected chi connectivity index (χ4v) is 11.4. The summed E-state index contributed by atoms with van der Waals surface area (Å²) in [7, 11) is -9.89. The van der Waals surface area contributed by atoms with E-state index in [1.54, 1.807) is 0 Å². The van der Waals surface area contributed by atoms with Gasteiger partial charge in [0.15, 0.2) is 12.2 Å². The second-order valence-corrected chi connectivity index (χ2v) is 28.7. The summed E-state index contributed by atoms with van der Waals surface area (Å²) in [6.45, 7) is 13.9. The van der Waals surface area contributed by atoms with Gasteiger partial charge in [0.05, 0.1) is 26.4 Å². The summed E-state index contributed by atoms with van der Waals surface area (Å²) < 4.78 is 68.1. The molecule has 0 aliphatic heterocycles. The van der Waals surface area contributed by atoms with Gasteiger partial charge < -0.3 is 33.8 Å². The number of rotatable bonds is 63. The van der Waals surface area contributed by atoms with Gasteiger partial charge in [0.2, 0.25) is 0 Å². The van der Waals surface area contributed by atoms with Crippen molar-refractivity contribution in [2.45, 2.75) is 337 Å². The SMILES string of the molecule is CC(C)CCCCCCCCCCCCCC(=O)OC[C@H](COP(=O)(O)OC[C@@H](O)COP(=O)(O)OC[C@@H](COC(=O)CCCCCCCCC(C)C)OC(=O)CCCCCCCCCCC(C)C)OC(=O)CCCCCCCCCCC(C)C. The summed E-state index contributed by atoms with van der Waals surface area (Å²) in [5.74, 6) is 0.748. The van der Waals surface area contributed by atoms with E-state index in [0.717, 1.165) is 114 Å². The van der Waals surface area contributed by atoms with Crippen LogP contribution in [0.4, 0.5) is 0 Å². The lowest BCUT2D eigenvalue weighted by molar-refractivity contribution is -0.161. The maximum atomic E-state index is 13.0. The predicted molar refractivity (Wildman–Crippen MR) is 340 cm³/mol. The van der Waals surface area contributed by atoms with Crippen molar-refractivity contribution in [2.24, 2.45) is 23.7 Å². The van der Waals surface area contributed by atoms with Crippen molar-refractivity contribution in [2.75, 3.05) is 39.6 Å². The molecule has 19 heteroatoms. The molecule has 85 heavy (non-hydrogen) atoms. The highest BCUT2D eigenvalue weighted by atomic mass is 31.2. The van der Waals surface area contributed by atoms with E-state index in [1.165, 1.54) is 116 Å². The Morgan fingerprint density at radius 3 is 0.729 bits per heavy atom. The molecular weight excluding hydrogens is 1130 g/mol. The standard InChI is InChI=1S/C66H128O17P2/c1-56(2)42-34-26-18-12-10-9-11-13-21-30-38-46-63(68)76-52-61(82-65(70)48-40-32-22-16-14-19-27-35-43-57(3)4)54-80-84(72,73)78-50-60(67)51-79-85(74,75)81-55-62(53-77-64(69)47-39-31-25-24-29-37-45-59(7)8)83-66(71)49-41-33-23-17-15-20-28-36-44-58(5)6/h56-62,67H,9-55H2,1-8H3,(H,72,73)(H,74,75)/t60-,61-,62-/m1/s1. The molecule has 2 unspecified atom stereocenters. The Bertz CT molecular complexity index is 1700. The minimum absolute atomic E-state index is 0.103. The lowest BCUT2D eigenvalue weighted by Crippen LogP contribution is -2.30. The molecule has 0 aromatic rings. The first-order chi connectivity index (χ1) is 40.6. The van der Waals surface area contributed by atoms with Crippen LogP contribution in [0.3, 0.4) is 0 Å². The fraction of sp³-hybridized carbons (Fsp3) is 0.939. The van der Waals surface area contributed by atoms with Crippen molar-refractivity contribution in [1.82, 2.24) is 0 Å². The Labute approximate surface area is 517 Å². The van der Waals surface area contributed by atoms with E-state index in [1.807, 2.05) is 0 Å². The van der Waals surface area contributed by atoms with E-state index >= 15 is 0 Å². The van der Waals surface area contributed by atoms with Crippen molar-refractivity contribution in [1.29, 1.82) is 0 Å². The molecular formula is C66H128O17P2. The second kappa shape index (κ2) is 56.1. The normalized spacial score (nSPS) is 14.4. The number of ether oxygens (including phenoxy) is 4. The van der Waals surface area contributed by atoms with Crippen molar-refractivity contribution in [3.63, 3.8) is 0 Å². The summed E-state index contributed by atoms with van der Waals surface area (Å²) in [6, 6.07) is 0. The lowest BCUT2D eigenvalue weighted by Gasteiger charge is -2.21. The first-order valence-electron chi connectivity index (χ1n) is 34.2. The number of phosphoric acid groups is 2. The van der Waals surface area contributed by atoms with Crippen LogP contribution in [-0.4, -0.2) is 96.7 Å². The number of phosphoric ester groups is 2. The highest BCUT2D eigenvalue weighted by Crippen LogP contribution is 2.45. The number of hydrogen-bond acceptors (Lipinski definition) is 15. The molecule has 5 atom stereocenters. The van der Waals surface area contributed by atoms with Crippen molar-refractivity contribution >= 4 is 39.5 Å². The van der Waals surface area contributed by atoms with E-state index < -0.39 is 97.5 Å². The first-order valence-corrected chi connectivity index (χ1v) is 37.2. The van der Waals surface area contributed by atoms with Gasteiger partial charge in [-0.25, -0.2) is 9.13 Å². The smallest absolute Gasteiger partial charge is 0.462 e. The number of hydrogen-bond donors (Lipinski definition) is 3. The molecule has 0 radical (unpaired) electrons. The topological polar surface area (TPSA) is 237 Å². The van der Waals surface area contributed by atoms with Gasteiger partial charge in [-0.15, -0.1) is 0 Å². The van der Waals surface area contributed by atoms with Gasteiger partial charge in [-0.2, -0.15) is 0 Å². The van der Waals surface area contributed by atoms with Gasteiger partial charge in [0.1, 0.15) is 19.3 Å². The Balaban J connectivity index is 5.24. The third-order valence-electron chi connectivity index (χ3n) is 15.1. The molecule has 0 aromatic heterocycles. The van der Waals surface area contributed by atoms with E-state index in [9.17, 15) is 43.2 Å². The molecule has 0 fully saturated rings. The Morgan fingerprint density at radius 1 is 0.294 bits per heavy atom. The minimum Gasteiger partial charge on any atom is -0.462 e. The highest BCUT2D eigenvalue weighted by molar-refractivity contribution is 7.47. The van der Waals surface area contributed by atoms with Crippen LogP contribution in [0, 0.1) is 23.7 Å². The van der Waals surface area contributed by atoms with E-state index in [4.69, 9.17) is 37.0 Å². The molecule has 0 saturated carbocycles. The van der Waals surface area contributed by atoms with Gasteiger partial charge >= 0.3 is 39.5 Å². The number of carbonyl (C=O) groups is 4. The van der Waals surface area contributed by atoms with Crippen molar-refractivity contribution < 1.29 is 80.2 Å².